The standard InChI is InChI=1S/C14H25N/c1-11(2)9-12-7-8-13(15(12)6)10-14(3,4)5/h7-8,11H,9-10H2,1-6H3. The van der Waals surface area contributed by atoms with E-state index in [4.69, 9.17) is 0 Å². The molecule has 86 valence electrons. The summed E-state index contributed by atoms with van der Waals surface area (Å²) in [7, 11) is 2.19. The van der Waals surface area contributed by atoms with Crippen LogP contribution in [0.1, 0.15) is 46.0 Å². The monoisotopic (exact) mass is 207 g/mol. The molecule has 0 atom stereocenters. The highest BCUT2D eigenvalue weighted by Crippen LogP contribution is 2.22. The lowest BCUT2D eigenvalue weighted by Gasteiger charge is -2.19. The molecule has 0 aliphatic heterocycles. The van der Waals surface area contributed by atoms with Gasteiger partial charge in [0.05, 0.1) is 0 Å². The van der Waals surface area contributed by atoms with Gasteiger partial charge in [0.15, 0.2) is 0 Å². The molecular weight excluding hydrogens is 182 g/mol. The summed E-state index contributed by atoms with van der Waals surface area (Å²) in [5, 5.41) is 0. The quantitative estimate of drug-likeness (QED) is 0.710. The van der Waals surface area contributed by atoms with E-state index < -0.39 is 0 Å². The topological polar surface area (TPSA) is 4.93 Å². The van der Waals surface area contributed by atoms with Crippen LogP contribution in [0, 0.1) is 11.3 Å². The molecule has 0 saturated heterocycles. The highest BCUT2D eigenvalue weighted by atomic mass is 15.0. The molecule has 0 aliphatic rings. The maximum Gasteiger partial charge on any atom is 0.0179 e. The van der Waals surface area contributed by atoms with Gasteiger partial charge in [-0.25, -0.2) is 0 Å². The molecule has 0 N–H and O–H groups in total. The maximum atomic E-state index is 2.37. The Hall–Kier alpha value is -0.720. The SMILES string of the molecule is CC(C)Cc1ccc(CC(C)(C)C)n1C. The summed E-state index contributed by atoms with van der Waals surface area (Å²) in [6.07, 6.45) is 2.34. The van der Waals surface area contributed by atoms with Crippen molar-refractivity contribution in [2.45, 2.75) is 47.5 Å². The largest absolute Gasteiger partial charge is 0.352 e. The smallest absolute Gasteiger partial charge is 0.0179 e. The molecule has 1 aromatic heterocycles. The van der Waals surface area contributed by atoms with Crippen LogP contribution in [0.25, 0.3) is 0 Å². The number of hydrogen-bond donors (Lipinski definition) is 0. The zero-order valence-corrected chi connectivity index (χ0v) is 11.1. The molecule has 0 aliphatic carbocycles. The summed E-state index contributed by atoms with van der Waals surface area (Å²) in [4.78, 5) is 0. The van der Waals surface area contributed by atoms with Crippen LogP contribution in [-0.4, -0.2) is 4.57 Å². The lowest BCUT2D eigenvalue weighted by Crippen LogP contribution is -2.13. The van der Waals surface area contributed by atoms with Crippen LogP contribution >= 0.6 is 0 Å². The number of nitrogens with zero attached hydrogens (tertiary/aromatic N) is 1. The molecular formula is C14H25N. The summed E-state index contributed by atoms with van der Waals surface area (Å²) >= 11 is 0. The predicted molar refractivity (Wildman–Crippen MR) is 67.1 cm³/mol. The summed E-state index contributed by atoms with van der Waals surface area (Å²) < 4.78 is 2.37. The fourth-order valence-corrected chi connectivity index (χ4v) is 1.94. The Kier molecular flexibility index (Phi) is 3.64. The van der Waals surface area contributed by atoms with Crippen molar-refractivity contribution in [1.29, 1.82) is 0 Å². The van der Waals surface area contributed by atoms with Crippen LogP contribution in [-0.2, 0) is 19.9 Å². The first kappa shape index (κ1) is 12.4. The summed E-state index contributed by atoms with van der Waals surface area (Å²) in [5.74, 6) is 0.737. The molecule has 0 aromatic carbocycles. The highest BCUT2D eigenvalue weighted by molar-refractivity contribution is 5.17. The van der Waals surface area contributed by atoms with Gasteiger partial charge in [0.2, 0.25) is 0 Å². The molecule has 0 saturated carbocycles. The lowest BCUT2D eigenvalue weighted by atomic mass is 9.90. The first-order valence-electron chi connectivity index (χ1n) is 5.93. The van der Waals surface area contributed by atoms with Crippen LogP contribution in [0.3, 0.4) is 0 Å². The van der Waals surface area contributed by atoms with E-state index in [0.29, 0.717) is 5.41 Å². The van der Waals surface area contributed by atoms with Crippen LogP contribution in [0.2, 0.25) is 0 Å². The molecule has 0 radical (unpaired) electrons. The Balaban J connectivity index is 2.80. The van der Waals surface area contributed by atoms with Crippen molar-refractivity contribution in [3.05, 3.63) is 23.5 Å². The average molecular weight is 207 g/mol. The van der Waals surface area contributed by atoms with Crippen molar-refractivity contribution in [3.8, 4) is 0 Å². The fraction of sp³-hybridized carbons (Fsp3) is 0.714. The molecule has 0 bridgehead atoms. The second-order valence-electron chi connectivity index (χ2n) is 6.21. The minimum atomic E-state index is 0.376. The van der Waals surface area contributed by atoms with Crippen molar-refractivity contribution in [1.82, 2.24) is 4.57 Å². The molecule has 0 fully saturated rings. The Bertz CT molecular complexity index is 313. The maximum absolute atomic E-state index is 2.37. The highest BCUT2D eigenvalue weighted by Gasteiger charge is 2.14. The number of aromatic nitrogens is 1. The Morgan fingerprint density at radius 1 is 1.13 bits per heavy atom. The van der Waals surface area contributed by atoms with Crippen molar-refractivity contribution in [2.75, 3.05) is 0 Å². The van der Waals surface area contributed by atoms with E-state index in [1.165, 1.54) is 17.8 Å². The number of hydrogen-bond acceptors (Lipinski definition) is 0. The third-order valence-corrected chi connectivity index (χ3v) is 2.66. The van der Waals surface area contributed by atoms with E-state index in [1.807, 2.05) is 0 Å². The van der Waals surface area contributed by atoms with Gasteiger partial charge in [-0.05, 0) is 36.3 Å². The van der Waals surface area contributed by atoms with Gasteiger partial charge < -0.3 is 4.57 Å². The zero-order valence-electron chi connectivity index (χ0n) is 11.1. The van der Waals surface area contributed by atoms with Crippen molar-refractivity contribution in [3.63, 3.8) is 0 Å². The van der Waals surface area contributed by atoms with Crippen LogP contribution < -0.4 is 0 Å². The minimum absolute atomic E-state index is 0.376. The third kappa shape index (κ3) is 3.73. The average Bonchev–Trinajstić information content (AvgIpc) is 2.32. The van der Waals surface area contributed by atoms with Crippen LogP contribution in [0.15, 0.2) is 12.1 Å². The molecule has 1 heteroatoms. The molecule has 1 rings (SSSR count). The molecule has 1 heterocycles. The molecule has 0 unspecified atom stereocenters. The van der Waals surface area contributed by atoms with Gasteiger partial charge in [-0.3, -0.25) is 0 Å². The van der Waals surface area contributed by atoms with E-state index in [9.17, 15) is 0 Å². The van der Waals surface area contributed by atoms with Crippen molar-refractivity contribution >= 4 is 0 Å². The Morgan fingerprint density at radius 2 is 1.67 bits per heavy atom. The molecule has 0 spiro atoms. The van der Waals surface area contributed by atoms with Gasteiger partial charge in [-0.2, -0.15) is 0 Å². The third-order valence-electron chi connectivity index (χ3n) is 2.66. The van der Waals surface area contributed by atoms with Gasteiger partial charge in [0.1, 0.15) is 0 Å². The van der Waals surface area contributed by atoms with Gasteiger partial charge in [-0.15, -0.1) is 0 Å². The van der Waals surface area contributed by atoms with E-state index in [1.54, 1.807) is 0 Å². The summed E-state index contributed by atoms with van der Waals surface area (Å²) in [5.41, 5.74) is 3.30. The predicted octanol–water partition coefficient (Wildman–Crippen LogP) is 3.81. The second-order valence-corrected chi connectivity index (χ2v) is 6.21. The van der Waals surface area contributed by atoms with E-state index >= 15 is 0 Å². The van der Waals surface area contributed by atoms with Gasteiger partial charge in [0.25, 0.3) is 0 Å². The molecule has 15 heavy (non-hydrogen) atoms. The summed E-state index contributed by atoms with van der Waals surface area (Å²) in [6, 6.07) is 4.56. The van der Waals surface area contributed by atoms with Crippen molar-refractivity contribution in [2.24, 2.45) is 18.4 Å². The van der Waals surface area contributed by atoms with Gasteiger partial charge >= 0.3 is 0 Å². The minimum Gasteiger partial charge on any atom is -0.352 e. The van der Waals surface area contributed by atoms with E-state index in [2.05, 4.69) is 58.4 Å². The van der Waals surface area contributed by atoms with Crippen LogP contribution in [0.4, 0.5) is 0 Å². The van der Waals surface area contributed by atoms with Gasteiger partial charge in [-0.1, -0.05) is 34.6 Å². The normalized spacial score (nSPS) is 12.5. The number of rotatable bonds is 3. The lowest BCUT2D eigenvalue weighted by molar-refractivity contribution is 0.400. The Labute approximate surface area is 94.5 Å². The van der Waals surface area contributed by atoms with Gasteiger partial charge in [0, 0.05) is 18.4 Å². The van der Waals surface area contributed by atoms with E-state index in [-0.39, 0.29) is 0 Å². The Morgan fingerprint density at radius 3 is 2.13 bits per heavy atom. The first-order chi connectivity index (χ1) is 6.79. The van der Waals surface area contributed by atoms with E-state index in [0.717, 1.165) is 12.3 Å². The first-order valence-corrected chi connectivity index (χ1v) is 5.93. The molecule has 0 amide bonds. The molecule has 1 aromatic rings. The molecule has 1 nitrogen and oxygen atoms in total. The fourth-order valence-electron chi connectivity index (χ4n) is 1.94. The summed E-state index contributed by atoms with van der Waals surface area (Å²) in [6.45, 7) is 11.4. The zero-order chi connectivity index (χ0) is 11.6. The van der Waals surface area contributed by atoms with Crippen LogP contribution in [0.5, 0.6) is 0 Å². The second kappa shape index (κ2) is 4.42. The van der Waals surface area contributed by atoms with Crippen molar-refractivity contribution < 1.29 is 0 Å².